The van der Waals surface area contributed by atoms with Gasteiger partial charge in [-0.05, 0) is 26.8 Å². The zero-order valence-electron chi connectivity index (χ0n) is 13.5. The predicted octanol–water partition coefficient (Wildman–Crippen LogP) is 1.01. The second-order valence-electron chi connectivity index (χ2n) is 5.90. The molecule has 0 bridgehead atoms. The van der Waals surface area contributed by atoms with Gasteiger partial charge in [-0.15, -0.1) is 11.3 Å². The van der Waals surface area contributed by atoms with Crippen molar-refractivity contribution in [1.29, 1.82) is 0 Å². The number of carbonyl (C=O) groups excluding carboxylic acids is 2. The minimum absolute atomic E-state index is 0.0306. The Kier molecular flexibility index (Phi) is 5.90. The molecule has 1 fully saturated rings. The van der Waals surface area contributed by atoms with Crippen LogP contribution in [0, 0.1) is 6.92 Å². The maximum absolute atomic E-state index is 12.4. The number of thiazole rings is 1. The lowest BCUT2D eigenvalue weighted by Crippen LogP contribution is -2.51. The van der Waals surface area contributed by atoms with Crippen molar-refractivity contribution in [3.8, 4) is 0 Å². The van der Waals surface area contributed by atoms with Crippen LogP contribution in [0.4, 0.5) is 0 Å². The van der Waals surface area contributed by atoms with E-state index in [1.54, 1.807) is 11.3 Å². The van der Waals surface area contributed by atoms with Gasteiger partial charge in [-0.3, -0.25) is 14.5 Å². The van der Waals surface area contributed by atoms with E-state index >= 15 is 0 Å². The summed E-state index contributed by atoms with van der Waals surface area (Å²) in [6.07, 6.45) is 3.75. The molecule has 122 valence electrons. The van der Waals surface area contributed by atoms with E-state index in [1.165, 1.54) is 11.8 Å². The summed E-state index contributed by atoms with van der Waals surface area (Å²) in [5, 5.41) is 3.95. The maximum atomic E-state index is 12.4. The monoisotopic (exact) mass is 324 g/mol. The van der Waals surface area contributed by atoms with Gasteiger partial charge in [0.1, 0.15) is 0 Å². The zero-order chi connectivity index (χ0) is 16.1. The summed E-state index contributed by atoms with van der Waals surface area (Å²) in [6.45, 7) is 6.03. The third-order valence-electron chi connectivity index (χ3n) is 3.68. The Hall–Kier alpha value is -1.47. The van der Waals surface area contributed by atoms with Crippen LogP contribution in [0.5, 0.6) is 0 Å². The van der Waals surface area contributed by atoms with Gasteiger partial charge in [-0.2, -0.15) is 0 Å². The number of likely N-dealkylation sites (tertiary alicyclic amines) is 1. The summed E-state index contributed by atoms with van der Waals surface area (Å²) >= 11 is 1.66. The summed E-state index contributed by atoms with van der Waals surface area (Å²) in [6, 6.07) is 0.0876. The van der Waals surface area contributed by atoms with E-state index in [0.29, 0.717) is 13.1 Å². The summed E-state index contributed by atoms with van der Waals surface area (Å²) < 4.78 is 0. The van der Waals surface area contributed by atoms with Crippen molar-refractivity contribution in [2.75, 3.05) is 26.7 Å². The topological polar surface area (TPSA) is 65.5 Å². The molecular formula is C15H24N4O2S. The molecule has 2 amide bonds. The first kappa shape index (κ1) is 16.9. The number of hydrogen-bond donors (Lipinski definition) is 1. The van der Waals surface area contributed by atoms with Crippen molar-refractivity contribution >= 4 is 23.2 Å². The molecule has 1 atom stereocenters. The molecular weight excluding hydrogens is 300 g/mol. The minimum atomic E-state index is -0.0306. The highest BCUT2D eigenvalue weighted by Gasteiger charge is 2.24. The molecule has 0 radical (unpaired) electrons. The number of nitrogens with zero attached hydrogens (tertiary/aromatic N) is 3. The third-order valence-corrected chi connectivity index (χ3v) is 4.58. The fourth-order valence-corrected chi connectivity index (χ4v) is 3.62. The first-order valence-electron chi connectivity index (χ1n) is 7.58. The van der Waals surface area contributed by atoms with Gasteiger partial charge in [0.05, 0.1) is 11.6 Å². The van der Waals surface area contributed by atoms with Crippen molar-refractivity contribution < 1.29 is 9.59 Å². The van der Waals surface area contributed by atoms with Gasteiger partial charge in [0, 0.05) is 43.7 Å². The van der Waals surface area contributed by atoms with Crippen LogP contribution in [0.15, 0.2) is 6.20 Å². The normalized spacial score (nSPS) is 18.5. The van der Waals surface area contributed by atoms with Crippen LogP contribution >= 0.6 is 11.3 Å². The van der Waals surface area contributed by atoms with Crippen LogP contribution in [0.3, 0.4) is 0 Å². The molecule has 0 aliphatic carbocycles. The molecule has 0 saturated carbocycles. The number of aromatic nitrogens is 1. The van der Waals surface area contributed by atoms with Crippen molar-refractivity contribution in [1.82, 2.24) is 20.1 Å². The molecule has 1 aliphatic heterocycles. The molecule has 1 saturated heterocycles. The number of likely N-dealkylation sites (N-methyl/N-ethyl adjacent to an activating group) is 1. The fraction of sp³-hybridized carbons (Fsp3) is 0.667. The van der Waals surface area contributed by atoms with E-state index in [1.807, 2.05) is 30.0 Å². The lowest BCUT2D eigenvalue weighted by molar-refractivity contribution is -0.134. The van der Waals surface area contributed by atoms with E-state index in [4.69, 9.17) is 0 Å². The van der Waals surface area contributed by atoms with Gasteiger partial charge in [0.15, 0.2) is 0 Å². The average Bonchev–Trinajstić information content (AvgIpc) is 2.83. The Bertz CT molecular complexity index is 531. The summed E-state index contributed by atoms with van der Waals surface area (Å²) in [4.78, 5) is 32.8. The van der Waals surface area contributed by atoms with Gasteiger partial charge >= 0.3 is 0 Å². The lowest BCUT2D eigenvalue weighted by atomic mass is 10.1. The molecule has 22 heavy (non-hydrogen) atoms. The fourth-order valence-electron chi connectivity index (χ4n) is 2.74. The Balaban J connectivity index is 1.81. The second kappa shape index (κ2) is 7.69. The largest absolute Gasteiger partial charge is 0.352 e. The third kappa shape index (κ3) is 5.06. The number of nitrogens with one attached hydrogen (secondary N) is 1. The van der Waals surface area contributed by atoms with Crippen LogP contribution in [-0.2, 0) is 16.1 Å². The zero-order valence-corrected chi connectivity index (χ0v) is 14.3. The molecule has 0 spiro atoms. The van der Waals surface area contributed by atoms with Crippen molar-refractivity contribution in [3.63, 3.8) is 0 Å². The van der Waals surface area contributed by atoms with E-state index < -0.39 is 0 Å². The van der Waals surface area contributed by atoms with Crippen LogP contribution in [0.25, 0.3) is 0 Å². The van der Waals surface area contributed by atoms with Crippen molar-refractivity contribution in [3.05, 3.63) is 16.1 Å². The molecule has 1 aromatic rings. The smallest absolute Gasteiger partial charge is 0.236 e. The molecule has 1 N–H and O–H groups in total. The second-order valence-corrected chi connectivity index (χ2v) is 7.22. The van der Waals surface area contributed by atoms with Crippen LogP contribution < -0.4 is 5.32 Å². The number of hydrogen-bond acceptors (Lipinski definition) is 5. The van der Waals surface area contributed by atoms with Crippen molar-refractivity contribution in [2.45, 2.75) is 39.3 Å². The van der Waals surface area contributed by atoms with E-state index in [9.17, 15) is 9.59 Å². The van der Waals surface area contributed by atoms with Gasteiger partial charge in [-0.25, -0.2) is 4.98 Å². The van der Waals surface area contributed by atoms with Crippen LogP contribution in [0.2, 0.25) is 0 Å². The molecule has 2 rings (SSSR count). The van der Waals surface area contributed by atoms with Crippen LogP contribution in [0.1, 0.15) is 29.7 Å². The summed E-state index contributed by atoms with van der Waals surface area (Å²) in [7, 11) is 1.95. The first-order chi connectivity index (χ1) is 10.4. The lowest BCUT2D eigenvalue weighted by Gasteiger charge is -2.34. The highest BCUT2D eigenvalue weighted by atomic mass is 32.1. The van der Waals surface area contributed by atoms with Crippen LogP contribution in [-0.4, -0.2) is 59.3 Å². The standard InChI is InChI=1S/C15H24N4O2S/c1-11(20)17-13-5-4-6-19(8-13)15(21)10-18(3)9-14-7-16-12(2)22-14/h7,13H,4-6,8-10H2,1-3H3,(H,17,20)/t13-/m1/s1. The van der Waals surface area contributed by atoms with E-state index in [2.05, 4.69) is 10.3 Å². The first-order valence-corrected chi connectivity index (χ1v) is 8.40. The number of amides is 2. The Labute approximate surface area is 135 Å². The molecule has 6 nitrogen and oxygen atoms in total. The number of rotatable bonds is 5. The quantitative estimate of drug-likeness (QED) is 0.878. The van der Waals surface area contributed by atoms with Crippen molar-refractivity contribution in [2.24, 2.45) is 0 Å². The Morgan fingerprint density at radius 2 is 2.32 bits per heavy atom. The summed E-state index contributed by atoms with van der Waals surface area (Å²) in [5.74, 6) is 0.0933. The number of carbonyl (C=O) groups is 2. The molecule has 7 heteroatoms. The SMILES string of the molecule is CC(=O)N[C@@H]1CCCN(C(=O)CN(C)Cc2cnc(C)s2)C1. The molecule has 0 aromatic carbocycles. The van der Waals surface area contributed by atoms with Gasteiger partial charge in [0.2, 0.25) is 11.8 Å². The van der Waals surface area contributed by atoms with E-state index in [-0.39, 0.29) is 17.9 Å². The number of piperidine rings is 1. The minimum Gasteiger partial charge on any atom is -0.352 e. The molecule has 0 unspecified atom stereocenters. The highest BCUT2D eigenvalue weighted by Crippen LogP contribution is 2.14. The van der Waals surface area contributed by atoms with Gasteiger partial charge in [-0.1, -0.05) is 0 Å². The molecule has 2 heterocycles. The Morgan fingerprint density at radius 1 is 1.55 bits per heavy atom. The average molecular weight is 324 g/mol. The molecule has 1 aromatic heterocycles. The maximum Gasteiger partial charge on any atom is 0.236 e. The van der Waals surface area contributed by atoms with Gasteiger partial charge < -0.3 is 10.2 Å². The van der Waals surface area contributed by atoms with E-state index in [0.717, 1.165) is 30.9 Å². The summed E-state index contributed by atoms with van der Waals surface area (Å²) in [5.41, 5.74) is 0. The number of aryl methyl sites for hydroxylation is 1. The highest BCUT2D eigenvalue weighted by molar-refractivity contribution is 7.11. The Morgan fingerprint density at radius 3 is 2.95 bits per heavy atom. The molecule has 1 aliphatic rings. The van der Waals surface area contributed by atoms with Gasteiger partial charge in [0.25, 0.3) is 0 Å². The predicted molar refractivity (Wildman–Crippen MR) is 86.6 cm³/mol.